The van der Waals surface area contributed by atoms with Crippen molar-refractivity contribution < 1.29 is 9.21 Å². The van der Waals surface area contributed by atoms with E-state index >= 15 is 0 Å². The predicted octanol–water partition coefficient (Wildman–Crippen LogP) is 3.40. The van der Waals surface area contributed by atoms with Crippen LogP contribution in [0.15, 0.2) is 52.0 Å². The Hall–Kier alpha value is -1.72. The van der Waals surface area contributed by atoms with Gasteiger partial charge in [0.2, 0.25) is 0 Å². The van der Waals surface area contributed by atoms with E-state index in [1.165, 1.54) is 4.90 Å². The highest BCUT2D eigenvalue weighted by molar-refractivity contribution is 7.98. The Morgan fingerprint density at radius 1 is 1.35 bits per heavy atom. The number of likely N-dealkylation sites (tertiary alicyclic amines) is 1. The van der Waals surface area contributed by atoms with Crippen LogP contribution in [0.3, 0.4) is 0 Å². The molecule has 0 saturated carbocycles. The summed E-state index contributed by atoms with van der Waals surface area (Å²) in [5.74, 6) is 1.24. The van der Waals surface area contributed by atoms with Gasteiger partial charge >= 0.3 is 0 Å². The minimum Gasteiger partial charge on any atom is -0.459 e. The second-order valence-electron chi connectivity index (χ2n) is 5.76. The summed E-state index contributed by atoms with van der Waals surface area (Å²) in [5.41, 5.74) is 0.968. The van der Waals surface area contributed by atoms with E-state index in [0.717, 1.165) is 37.2 Å². The van der Waals surface area contributed by atoms with Crippen LogP contribution in [0.2, 0.25) is 0 Å². The zero-order chi connectivity index (χ0) is 16.1. The van der Waals surface area contributed by atoms with Crippen LogP contribution in [0, 0.1) is 0 Å². The molecule has 2 aromatic rings. The Morgan fingerprint density at radius 2 is 2.17 bits per heavy atom. The lowest BCUT2D eigenvalue weighted by atomic mass is 10.1. The summed E-state index contributed by atoms with van der Waals surface area (Å²) in [6, 6.07) is 12.5. The molecular weight excluding hydrogens is 308 g/mol. The van der Waals surface area contributed by atoms with Crippen LogP contribution in [-0.4, -0.2) is 37.0 Å². The van der Waals surface area contributed by atoms with Crippen molar-refractivity contribution in [2.45, 2.75) is 29.5 Å². The van der Waals surface area contributed by atoms with Crippen LogP contribution in [0.1, 0.15) is 29.0 Å². The van der Waals surface area contributed by atoms with Gasteiger partial charge in [-0.1, -0.05) is 18.2 Å². The van der Waals surface area contributed by atoms with Gasteiger partial charge in [-0.2, -0.15) is 0 Å². The molecule has 1 saturated heterocycles. The molecule has 1 aliphatic rings. The van der Waals surface area contributed by atoms with Gasteiger partial charge in [-0.3, -0.25) is 4.79 Å². The highest BCUT2D eigenvalue weighted by Gasteiger charge is 2.27. The predicted molar refractivity (Wildman–Crippen MR) is 92.7 cm³/mol. The monoisotopic (exact) mass is 330 g/mol. The third kappa shape index (κ3) is 3.98. The maximum absolute atomic E-state index is 12.7. The molecule has 23 heavy (non-hydrogen) atoms. The molecule has 4 nitrogen and oxygen atoms in total. The van der Waals surface area contributed by atoms with E-state index in [1.54, 1.807) is 18.0 Å². The molecule has 122 valence electrons. The van der Waals surface area contributed by atoms with Crippen LogP contribution >= 0.6 is 11.8 Å². The van der Waals surface area contributed by atoms with E-state index in [0.29, 0.717) is 11.8 Å². The third-order valence-corrected chi connectivity index (χ3v) is 5.26. The molecule has 0 spiro atoms. The lowest BCUT2D eigenvalue weighted by Crippen LogP contribution is -2.47. The van der Waals surface area contributed by atoms with Crippen LogP contribution in [0.25, 0.3) is 0 Å². The first-order valence-electron chi connectivity index (χ1n) is 7.98. The molecule has 1 aromatic heterocycles. The van der Waals surface area contributed by atoms with Gasteiger partial charge < -0.3 is 14.6 Å². The van der Waals surface area contributed by atoms with Crippen molar-refractivity contribution >= 4 is 17.7 Å². The molecule has 3 rings (SSSR count). The molecule has 5 heteroatoms. The largest absolute Gasteiger partial charge is 0.459 e. The number of benzene rings is 1. The summed E-state index contributed by atoms with van der Waals surface area (Å²) in [4.78, 5) is 15.8. The number of furan rings is 1. The molecule has 0 bridgehead atoms. The summed E-state index contributed by atoms with van der Waals surface area (Å²) in [6.07, 6.45) is 3.77. The first kappa shape index (κ1) is 16.1. The smallest absolute Gasteiger partial charge is 0.289 e. The zero-order valence-electron chi connectivity index (χ0n) is 13.3. The molecule has 1 aromatic carbocycles. The Labute approximate surface area is 141 Å². The van der Waals surface area contributed by atoms with Gasteiger partial charge in [-0.25, -0.2) is 0 Å². The van der Waals surface area contributed by atoms with Gasteiger partial charge in [0.1, 0.15) is 0 Å². The molecule has 1 unspecified atom stereocenters. The Morgan fingerprint density at radius 3 is 2.96 bits per heavy atom. The van der Waals surface area contributed by atoms with E-state index in [2.05, 4.69) is 17.4 Å². The molecule has 1 N–H and O–H groups in total. The second-order valence-corrected chi connectivity index (χ2v) is 6.80. The van der Waals surface area contributed by atoms with E-state index in [1.807, 2.05) is 36.2 Å². The van der Waals surface area contributed by atoms with Crippen molar-refractivity contribution in [3.05, 3.63) is 54.0 Å². The summed E-state index contributed by atoms with van der Waals surface area (Å²) in [6.45, 7) is 1.56. The Kier molecular flexibility index (Phi) is 5.41. The number of hydrogen-bond acceptors (Lipinski definition) is 4. The Balaban J connectivity index is 1.66. The standard InChI is InChI=1S/C18H22N2O2S/c1-19-15-6-5-10-20(12-15)18(21)17-14(9-11-22-17)13-23-16-7-3-2-4-8-16/h2-4,7-9,11,15,19H,5-6,10,12-13H2,1H3. The number of likely N-dealkylation sites (N-methyl/N-ethyl adjacent to an activating group) is 1. The van der Waals surface area contributed by atoms with Gasteiger partial charge in [0.25, 0.3) is 5.91 Å². The minimum atomic E-state index is 0.0126. The number of carbonyl (C=O) groups excluding carboxylic acids is 1. The average Bonchev–Trinajstić information content (AvgIpc) is 3.09. The molecule has 1 amide bonds. The van der Waals surface area contributed by atoms with Crippen molar-refractivity contribution in [3.63, 3.8) is 0 Å². The lowest BCUT2D eigenvalue weighted by Gasteiger charge is -2.32. The average molecular weight is 330 g/mol. The van der Waals surface area contributed by atoms with Crippen molar-refractivity contribution in [2.24, 2.45) is 0 Å². The van der Waals surface area contributed by atoms with Crippen molar-refractivity contribution in [1.29, 1.82) is 0 Å². The Bertz CT molecular complexity index is 641. The van der Waals surface area contributed by atoms with Gasteiger partial charge in [0.05, 0.1) is 6.26 Å². The molecule has 0 aliphatic carbocycles. The molecule has 1 aliphatic heterocycles. The quantitative estimate of drug-likeness (QED) is 0.854. The number of rotatable bonds is 5. The zero-order valence-corrected chi connectivity index (χ0v) is 14.1. The molecule has 1 fully saturated rings. The summed E-state index contributed by atoms with van der Waals surface area (Å²) in [7, 11) is 1.95. The van der Waals surface area contributed by atoms with E-state index in [9.17, 15) is 4.79 Å². The summed E-state index contributed by atoms with van der Waals surface area (Å²) < 4.78 is 5.51. The summed E-state index contributed by atoms with van der Waals surface area (Å²) in [5, 5.41) is 3.27. The topological polar surface area (TPSA) is 45.5 Å². The van der Waals surface area contributed by atoms with E-state index in [4.69, 9.17) is 4.42 Å². The van der Waals surface area contributed by atoms with Crippen LogP contribution in [0.4, 0.5) is 0 Å². The second kappa shape index (κ2) is 7.70. The van der Waals surface area contributed by atoms with E-state index < -0.39 is 0 Å². The van der Waals surface area contributed by atoms with Crippen LogP contribution in [0.5, 0.6) is 0 Å². The lowest BCUT2D eigenvalue weighted by molar-refractivity contribution is 0.0665. The first-order chi connectivity index (χ1) is 11.3. The minimum absolute atomic E-state index is 0.0126. The number of nitrogens with zero attached hydrogens (tertiary/aromatic N) is 1. The SMILES string of the molecule is CNC1CCCN(C(=O)c2occc2CSc2ccccc2)C1. The number of carbonyl (C=O) groups is 1. The fourth-order valence-electron chi connectivity index (χ4n) is 2.86. The number of amides is 1. The van der Waals surface area contributed by atoms with Gasteiger partial charge in [-0.15, -0.1) is 11.8 Å². The molecule has 0 radical (unpaired) electrons. The molecule has 2 heterocycles. The number of thioether (sulfide) groups is 1. The maximum atomic E-state index is 12.7. The van der Waals surface area contributed by atoms with Gasteiger partial charge in [0, 0.05) is 35.3 Å². The normalized spacial score (nSPS) is 18.1. The van der Waals surface area contributed by atoms with Crippen molar-refractivity contribution in [3.8, 4) is 0 Å². The highest BCUT2D eigenvalue weighted by Crippen LogP contribution is 2.26. The van der Waals surface area contributed by atoms with E-state index in [-0.39, 0.29) is 5.91 Å². The van der Waals surface area contributed by atoms with Gasteiger partial charge in [0.15, 0.2) is 5.76 Å². The molecular formula is C18H22N2O2S. The van der Waals surface area contributed by atoms with Crippen LogP contribution < -0.4 is 5.32 Å². The van der Waals surface area contributed by atoms with Crippen molar-refractivity contribution in [1.82, 2.24) is 10.2 Å². The maximum Gasteiger partial charge on any atom is 0.289 e. The van der Waals surface area contributed by atoms with Gasteiger partial charge in [-0.05, 0) is 38.1 Å². The van der Waals surface area contributed by atoms with Crippen LogP contribution in [-0.2, 0) is 5.75 Å². The van der Waals surface area contributed by atoms with Crippen molar-refractivity contribution in [2.75, 3.05) is 20.1 Å². The third-order valence-electron chi connectivity index (χ3n) is 4.20. The first-order valence-corrected chi connectivity index (χ1v) is 8.97. The fraction of sp³-hybridized carbons (Fsp3) is 0.389. The molecule has 1 atom stereocenters. The number of piperidine rings is 1. The number of nitrogens with one attached hydrogen (secondary N) is 1. The fourth-order valence-corrected chi connectivity index (χ4v) is 3.75. The highest BCUT2D eigenvalue weighted by atomic mass is 32.2. The summed E-state index contributed by atoms with van der Waals surface area (Å²) >= 11 is 1.72. The number of hydrogen-bond donors (Lipinski definition) is 1.